The molecule has 2 heterocycles. The average molecular weight is 370 g/mol. The molecule has 0 aliphatic carbocycles. The van der Waals surface area contributed by atoms with Gasteiger partial charge in [-0.1, -0.05) is 29.8 Å². The lowest BCUT2D eigenvalue weighted by molar-refractivity contribution is -0.134. The summed E-state index contributed by atoms with van der Waals surface area (Å²) in [6.07, 6.45) is 3.64. The monoisotopic (exact) mass is 370 g/mol. The summed E-state index contributed by atoms with van der Waals surface area (Å²) in [4.78, 5) is 27.1. The molecule has 3 rings (SSSR count). The highest BCUT2D eigenvalue weighted by Crippen LogP contribution is 2.16. The lowest BCUT2D eigenvalue weighted by Gasteiger charge is -2.26. The van der Waals surface area contributed by atoms with Crippen LogP contribution in [0.3, 0.4) is 0 Å². The summed E-state index contributed by atoms with van der Waals surface area (Å²) in [6.45, 7) is 3.79. The van der Waals surface area contributed by atoms with Crippen molar-refractivity contribution in [3.63, 3.8) is 0 Å². The van der Waals surface area contributed by atoms with E-state index in [2.05, 4.69) is 6.07 Å². The molecule has 1 aromatic heterocycles. The summed E-state index contributed by atoms with van der Waals surface area (Å²) in [6, 6.07) is 11.4. The molecule has 1 aliphatic heterocycles. The first kappa shape index (κ1) is 19.2. The number of nitrogens with zero attached hydrogens (tertiary/aromatic N) is 2. The minimum absolute atomic E-state index is 0.0193. The van der Waals surface area contributed by atoms with Gasteiger partial charge in [0.15, 0.2) is 5.75 Å². The highest BCUT2D eigenvalue weighted by molar-refractivity contribution is 5.76. The Morgan fingerprint density at radius 3 is 2.89 bits per heavy atom. The largest absolute Gasteiger partial charge is 0.491 e. The van der Waals surface area contributed by atoms with Crippen molar-refractivity contribution in [2.75, 3.05) is 20.3 Å². The van der Waals surface area contributed by atoms with Crippen molar-refractivity contribution in [2.24, 2.45) is 0 Å². The summed E-state index contributed by atoms with van der Waals surface area (Å²) in [7, 11) is 1.45. The Morgan fingerprint density at radius 1 is 1.33 bits per heavy atom. The molecule has 1 aromatic carbocycles. The second kappa shape index (κ2) is 8.86. The average Bonchev–Trinajstić information content (AvgIpc) is 3.16. The van der Waals surface area contributed by atoms with Crippen molar-refractivity contribution in [1.82, 2.24) is 9.47 Å². The van der Waals surface area contributed by atoms with Crippen LogP contribution in [0.15, 0.2) is 47.4 Å². The molecule has 0 unspecified atom stereocenters. The molecule has 144 valence electrons. The van der Waals surface area contributed by atoms with Crippen LogP contribution in [0.1, 0.15) is 24.0 Å². The van der Waals surface area contributed by atoms with E-state index < -0.39 is 0 Å². The zero-order chi connectivity index (χ0) is 19.2. The minimum atomic E-state index is -0.305. The van der Waals surface area contributed by atoms with Crippen molar-refractivity contribution in [3.8, 4) is 5.75 Å². The molecule has 1 amide bonds. The third kappa shape index (κ3) is 4.98. The number of amides is 1. The number of hydrogen-bond donors (Lipinski definition) is 0. The van der Waals surface area contributed by atoms with Gasteiger partial charge in [0.25, 0.3) is 5.56 Å². The first-order valence-electron chi connectivity index (χ1n) is 9.25. The van der Waals surface area contributed by atoms with Gasteiger partial charge in [-0.3, -0.25) is 9.59 Å². The number of benzene rings is 1. The molecule has 0 spiro atoms. The summed E-state index contributed by atoms with van der Waals surface area (Å²) in [5.41, 5.74) is 1.92. The van der Waals surface area contributed by atoms with Gasteiger partial charge in [0.1, 0.15) is 6.54 Å². The molecular weight excluding hydrogens is 344 g/mol. The Bertz CT molecular complexity index is 840. The number of hydrogen-bond acceptors (Lipinski definition) is 4. The number of methoxy groups -OCH3 is 1. The predicted molar refractivity (Wildman–Crippen MR) is 103 cm³/mol. The Balaban J connectivity index is 1.78. The summed E-state index contributed by atoms with van der Waals surface area (Å²) in [5, 5.41) is 0. The Kier molecular flexibility index (Phi) is 6.29. The van der Waals surface area contributed by atoms with Crippen LogP contribution in [0.5, 0.6) is 5.75 Å². The number of rotatable bonds is 7. The van der Waals surface area contributed by atoms with E-state index in [0.29, 0.717) is 13.1 Å². The van der Waals surface area contributed by atoms with E-state index in [1.807, 2.05) is 25.1 Å². The highest BCUT2D eigenvalue weighted by atomic mass is 16.5. The molecule has 1 fully saturated rings. The zero-order valence-corrected chi connectivity index (χ0v) is 15.9. The molecule has 0 radical (unpaired) electrons. The summed E-state index contributed by atoms with van der Waals surface area (Å²) in [5.74, 6) is 0.122. The number of ether oxygens (including phenoxy) is 2. The van der Waals surface area contributed by atoms with Crippen molar-refractivity contribution >= 4 is 5.91 Å². The van der Waals surface area contributed by atoms with E-state index in [4.69, 9.17) is 9.47 Å². The van der Waals surface area contributed by atoms with Gasteiger partial charge in [0.05, 0.1) is 13.2 Å². The standard InChI is InChI=1S/C21H26N2O4/c1-16-6-3-7-17(12-16)13-23(14-18-8-5-11-27-18)20(24)15-22-10-4-9-19(26-2)21(22)25/h3-4,6-7,9-10,12,18H,5,8,11,13-15H2,1-2H3/t18-/m0/s1. The summed E-state index contributed by atoms with van der Waals surface area (Å²) < 4.78 is 12.2. The fourth-order valence-electron chi connectivity index (χ4n) is 3.36. The number of carbonyl (C=O) groups is 1. The van der Waals surface area contributed by atoms with Gasteiger partial charge in [-0.25, -0.2) is 0 Å². The van der Waals surface area contributed by atoms with E-state index in [0.717, 1.165) is 30.6 Å². The van der Waals surface area contributed by atoms with Gasteiger partial charge >= 0.3 is 0 Å². The van der Waals surface area contributed by atoms with Gasteiger partial charge < -0.3 is 18.9 Å². The van der Waals surface area contributed by atoms with Crippen LogP contribution >= 0.6 is 0 Å². The first-order chi connectivity index (χ1) is 13.1. The van der Waals surface area contributed by atoms with Crippen LogP contribution in [0, 0.1) is 6.92 Å². The third-order valence-corrected chi connectivity index (χ3v) is 4.77. The van der Waals surface area contributed by atoms with Crippen LogP contribution in [-0.4, -0.2) is 41.7 Å². The topological polar surface area (TPSA) is 60.8 Å². The van der Waals surface area contributed by atoms with Crippen molar-refractivity contribution in [1.29, 1.82) is 0 Å². The molecular formula is C21H26N2O4. The minimum Gasteiger partial charge on any atom is -0.491 e. The zero-order valence-electron chi connectivity index (χ0n) is 15.9. The maximum Gasteiger partial charge on any atom is 0.293 e. The molecule has 6 nitrogen and oxygen atoms in total. The molecule has 1 saturated heterocycles. The molecule has 1 atom stereocenters. The van der Waals surface area contributed by atoms with Gasteiger partial charge in [-0.15, -0.1) is 0 Å². The van der Waals surface area contributed by atoms with Crippen LogP contribution in [0.2, 0.25) is 0 Å². The lowest BCUT2D eigenvalue weighted by atomic mass is 10.1. The van der Waals surface area contributed by atoms with Crippen LogP contribution in [-0.2, 0) is 22.6 Å². The van der Waals surface area contributed by atoms with Crippen molar-refractivity contribution in [3.05, 3.63) is 64.1 Å². The van der Waals surface area contributed by atoms with Gasteiger partial charge in [-0.05, 0) is 37.5 Å². The SMILES string of the molecule is COc1cccn(CC(=O)N(Cc2cccc(C)c2)C[C@@H]2CCCO2)c1=O. The normalized spacial score (nSPS) is 16.3. The molecule has 0 bridgehead atoms. The van der Waals surface area contributed by atoms with Crippen LogP contribution < -0.4 is 10.3 Å². The fourth-order valence-corrected chi connectivity index (χ4v) is 3.36. The Morgan fingerprint density at radius 2 is 2.19 bits per heavy atom. The second-order valence-corrected chi connectivity index (χ2v) is 6.91. The third-order valence-electron chi connectivity index (χ3n) is 4.77. The molecule has 0 N–H and O–H groups in total. The van der Waals surface area contributed by atoms with Crippen LogP contribution in [0.25, 0.3) is 0 Å². The highest BCUT2D eigenvalue weighted by Gasteiger charge is 2.23. The lowest BCUT2D eigenvalue weighted by Crippen LogP contribution is -2.40. The Labute approximate surface area is 159 Å². The second-order valence-electron chi connectivity index (χ2n) is 6.91. The molecule has 6 heteroatoms. The quantitative estimate of drug-likeness (QED) is 0.751. The van der Waals surface area contributed by atoms with Crippen molar-refractivity contribution in [2.45, 2.75) is 39.0 Å². The number of aromatic nitrogens is 1. The van der Waals surface area contributed by atoms with E-state index in [9.17, 15) is 9.59 Å². The fraction of sp³-hybridized carbons (Fsp3) is 0.429. The molecule has 0 saturated carbocycles. The van der Waals surface area contributed by atoms with E-state index in [-0.39, 0.29) is 29.9 Å². The maximum atomic E-state index is 13.0. The molecule has 1 aliphatic rings. The van der Waals surface area contributed by atoms with E-state index in [1.165, 1.54) is 11.7 Å². The molecule has 2 aromatic rings. The van der Waals surface area contributed by atoms with E-state index >= 15 is 0 Å². The predicted octanol–water partition coefficient (Wildman–Crippen LogP) is 2.37. The van der Waals surface area contributed by atoms with Crippen LogP contribution in [0.4, 0.5) is 0 Å². The van der Waals surface area contributed by atoms with Crippen molar-refractivity contribution < 1.29 is 14.3 Å². The number of carbonyl (C=O) groups excluding carboxylic acids is 1. The maximum absolute atomic E-state index is 13.0. The Hall–Kier alpha value is -2.60. The smallest absolute Gasteiger partial charge is 0.293 e. The van der Waals surface area contributed by atoms with Gasteiger partial charge in [0.2, 0.25) is 5.91 Å². The summed E-state index contributed by atoms with van der Waals surface area (Å²) >= 11 is 0. The van der Waals surface area contributed by atoms with Gasteiger partial charge in [0, 0.05) is 25.9 Å². The molecule has 27 heavy (non-hydrogen) atoms. The number of aryl methyl sites for hydroxylation is 1. The number of pyridine rings is 1. The van der Waals surface area contributed by atoms with Gasteiger partial charge in [-0.2, -0.15) is 0 Å². The van der Waals surface area contributed by atoms with E-state index in [1.54, 1.807) is 23.2 Å². The first-order valence-corrected chi connectivity index (χ1v) is 9.25.